The molecule has 0 saturated heterocycles. The number of halogens is 1. The van der Waals surface area contributed by atoms with E-state index in [1.807, 2.05) is 38.7 Å². The molecule has 0 bridgehead atoms. The van der Waals surface area contributed by atoms with Crippen LogP contribution in [0, 0.1) is 13.8 Å². The molecule has 0 fully saturated rings. The van der Waals surface area contributed by atoms with Gasteiger partial charge in [-0.25, -0.2) is 0 Å². The third kappa shape index (κ3) is 3.13. The summed E-state index contributed by atoms with van der Waals surface area (Å²) >= 11 is 3.55. The number of nitrogens with two attached hydrogens (primary N) is 1. The maximum atomic E-state index is 6.42. The van der Waals surface area contributed by atoms with E-state index in [0.29, 0.717) is 0 Å². The number of furan rings is 1. The van der Waals surface area contributed by atoms with Gasteiger partial charge in [-0.05, 0) is 49.9 Å². The molecule has 0 amide bonds. The molecule has 1 atom stereocenters. The fourth-order valence-corrected chi connectivity index (χ4v) is 2.80. The average molecular weight is 341 g/mol. The first-order valence-corrected chi connectivity index (χ1v) is 7.38. The highest BCUT2D eigenvalue weighted by atomic mass is 79.9. The average Bonchev–Trinajstić information content (AvgIpc) is 2.89. The molecule has 2 heterocycles. The molecule has 2 rings (SSSR count). The molecule has 2 aromatic heterocycles. The number of hydrogen-bond donors (Lipinski definition) is 1. The van der Waals surface area contributed by atoms with E-state index >= 15 is 0 Å². The molecule has 1 unspecified atom stereocenters. The topological polar surface area (TPSA) is 60.2 Å². The second-order valence-corrected chi connectivity index (χ2v) is 6.10. The van der Waals surface area contributed by atoms with Gasteiger partial charge >= 0.3 is 0 Å². The molecular weight excluding hydrogens is 320 g/mol. The van der Waals surface area contributed by atoms with Crippen LogP contribution < -0.4 is 5.73 Å². The molecule has 0 saturated carbocycles. The largest absolute Gasteiger partial charge is 0.466 e. The molecule has 0 spiro atoms. The fourth-order valence-electron chi connectivity index (χ4n) is 2.26. The third-order valence-electron chi connectivity index (χ3n) is 3.30. The first-order valence-electron chi connectivity index (χ1n) is 6.58. The molecule has 0 aliphatic rings. The van der Waals surface area contributed by atoms with E-state index < -0.39 is 0 Å². The second kappa shape index (κ2) is 6.11. The van der Waals surface area contributed by atoms with Gasteiger partial charge in [-0.3, -0.25) is 4.68 Å². The number of rotatable bonds is 5. The van der Waals surface area contributed by atoms with E-state index in [9.17, 15) is 0 Å². The van der Waals surface area contributed by atoms with E-state index in [0.717, 1.165) is 40.3 Å². The quantitative estimate of drug-likeness (QED) is 0.908. The first-order chi connectivity index (χ1) is 9.40. The number of hydrogen-bond acceptors (Lipinski definition) is 4. The van der Waals surface area contributed by atoms with Crippen LogP contribution in [0.2, 0.25) is 0 Å². The van der Waals surface area contributed by atoms with Crippen molar-refractivity contribution in [2.45, 2.75) is 26.4 Å². The van der Waals surface area contributed by atoms with Crippen LogP contribution in [0.25, 0.3) is 0 Å². The lowest BCUT2D eigenvalue weighted by Gasteiger charge is -2.16. The van der Waals surface area contributed by atoms with E-state index in [1.165, 1.54) is 0 Å². The normalized spacial score (nSPS) is 13.2. The van der Waals surface area contributed by atoms with Gasteiger partial charge in [0, 0.05) is 12.1 Å². The first kappa shape index (κ1) is 15.3. The summed E-state index contributed by atoms with van der Waals surface area (Å²) in [6.07, 6.45) is 1.80. The van der Waals surface area contributed by atoms with Crippen LogP contribution >= 0.6 is 15.9 Å². The minimum Gasteiger partial charge on any atom is -0.466 e. The van der Waals surface area contributed by atoms with Gasteiger partial charge in [0.05, 0.1) is 29.0 Å². The van der Waals surface area contributed by atoms with Gasteiger partial charge in [-0.2, -0.15) is 5.10 Å². The molecule has 2 N–H and O–H groups in total. The van der Waals surface area contributed by atoms with Crippen LogP contribution in [-0.4, -0.2) is 35.3 Å². The zero-order chi connectivity index (χ0) is 14.9. The van der Waals surface area contributed by atoms with E-state index in [4.69, 9.17) is 10.2 Å². The summed E-state index contributed by atoms with van der Waals surface area (Å²) in [5.74, 6) is 1.74. The zero-order valence-corrected chi connectivity index (χ0v) is 13.9. The summed E-state index contributed by atoms with van der Waals surface area (Å²) in [6.45, 7) is 5.59. The van der Waals surface area contributed by atoms with E-state index in [-0.39, 0.29) is 6.04 Å². The smallest absolute Gasteiger partial charge is 0.106 e. The predicted octanol–water partition coefficient (Wildman–Crippen LogP) is 2.47. The van der Waals surface area contributed by atoms with E-state index in [2.05, 4.69) is 25.9 Å². The van der Waals surface area contributed by atoms with Crippen LogP contribution in [0.5, 0.6) is 0 Å². The number of aryl methyl sites for hydroxylation is 2. The van der Waals surface area contributed by atoms with Crippen molar-refractivity contribution in [2.24, 2.45) is 5.73 Å². The van der Waals surface area contributed by atoms with Crippen molar-refractivity contribution in [1.82, 2.24) is 14.7 Å². The van der Waals surface area contributed by atoms with E-state index in [1.54, 1.807) is 6.20 Å². The molecule has 0 aliphatic heterocycles. The Morgan fingerprint density at radius 2 is 2.15 bits per heavy atom. The molecule has 0 radical (unpaired) electrons. The number of aromatic nitrogens is 2. The van der Waals surface area contributed by atoms with Gasteiger partial charge in [0.15, 0.2) is 0 Å². The molecule has 2 aromatic rings. The minimum atomic E-state index is -0.244. The summed E-state index contributed by atoms with van der Waals surface area (Å²) in [5.41, 5.74) is 8.41. The fraction of sp³-hybridized carbons (Fsp3) is 0.500. The summed E-state index contributed by atoms with van der Waals surface area (Å²) in [5, 5.41) is 4.40. The molecular formula is C14H21BrN4O. The van der Waals surface area contributed by atoms with Gasteiger partial charge < -0.3 is 15.1 Å². The Bertz CT molecular complexity index is 588. The Hall–Kier alpha value is -1.11. The Balaban J connectivity index is 2.31. The Labute approximate surface area is 127 Å². The lowest BCUT2D eigenvalue weighted by molar-refractivity contribution is 0.367. The standard InChI is InChI=1S/C14H21BrN4O/c1-9-7-11(10(2)20-9)13(16)14-12(15)8-17-19(14)6-5-18(3)4/h7-8,13H,5-6,16H2,1-4H3. The molecule has 5 nitrogen and oxygen atoms in total. The van der Waals surface area contributed by atoms with Gasteiger partial charge in [-0.1, -0.05) is 0 Å². The van der Waals surface area contributed by atoms with Crippen molar-refractivity contribution in [2.75, 3.05) is 20.6 Å². The third-order valence-corrected chi connectivity index (χ3v) is 3.91. The summed E-state index contributed by atoms with van der Waals surface area (Å²) < 4.78 is 8.47. The highest BCUT2D eigenvalue weighted by Gasteiger charge is 2.22. The highest BCUT2D eigenvalue weighted by molar-refractivity contribution is 9.10. The van der Waals surface area contributed by atoms with Gasteiger partial charge in [0.25, 0.3) is 0 Å². The van der Waals surface area contributed by atoms with Crippen molar-refractivity contribution >= 4 is 15.9 Å². The van der Waals surface area contributed by atoms with Crippen LogP contribution in [0.1, 0.15) is 28.8 Å². The van der Waals surface area contributed by atoms with Crippen molar-refractivity contribution < 1.29 is 4.42 Å². The van der Waals surface area contributed by atoms with Gasteiger partial charge in [0.1, 0.15) is 11.5 Å². The monoisotopic (exact) mass is 340 g/mol. The van der Waals surface area contributed by atoms with Crippen molar-refractivity contribution in [3.63, 3.8) is 0 Å². The van der Waals surface area contributed by atoms with Crippen LogP contribution in [0.15, 0.2) is 21.2 Å². The SMILES string of the molecule is Cc1cc(C(N)c2c(Br)cnn2CCN(C)C)c(C)o1. The maximum absolute atomic E-state index is 6.42. The molecule has 110 valence electrons. The van der Waals surface area contributed by atoms with Gasteiger partial charge in [-0.15, -0.1) is 0 Å². The Kier molecular flexibility index (Phi) is 4.67. The summed E-state index contributed by atoms with van der Waals surface area (Å²) in [4.78, 5) is 2.12. The number of likely N-dealkylation sites (N-methyl/N-ethyl adjacent to an activating group) is 1. The number of nitrogens with zero attached hydrogens (tertiary/aromatic N) is 3. The summed E-state index contributed by atoms with van der Waals surface area (Å²) in [7, 11) is 4.09. The van der Waals surface area contributed by atoms with Gasteiger partial charge in [0.2, 0.25) is 0 Å². The molecule has 0 aromatic carbocycles. The van der Waals surface area contributed by atoms with Crippen molar-refractivity contribution in [1.29, 1.82) is 0 Å². The molecule has 6 heteroatoms. The molecule has 20 heavy (non-hydrogen) atoms. The van der Waals surface area contributed by atoms with Crippen molar-refractivity contribution in [3.8, 4) is 0 Å². The summed E-state index contributed by atoms with van der Waals surface area (Å²) in [6, 6.07) is 1.75. The van der Waals surface area contributed by atoms with Crippen LogP contribution in [0.4, 0.5) is 0 Å². The Morgan fingerprint density at radius 3 is 2.70 bits per heavy atom. The lowest BCUT2D eigenvalue weighted by atomic mass is 10.1. The minimum absolute atomic E-state index is 0.244. The second-order valence-electron chi connectivity index (χ2n) is 5.25. The lowest BCUT2D eigenvalue weighted by Crippen LogP contribution is -2.23. The van der Waals surface area contributed by atoms with Crippen molar-refractivity contribution in [3.05, 3.63) is 39.5 Å². The zero-order valence-electron chi connectivity index (χ0n) is 12.4. The Morgan fingerprint density at radius 1 is 1.45 bits per heavy atom. The highest BCUT2D eigenvalue weighted by Crippen LogP contribution is 2.30. The van der Waals surface area contributed by atoms with Crippen LogP contribution in [-0.2, 0) is 6.54 Å². The molecule has 0 aliphatic carbocycles. The maximum Gasteiger partial charge on any atom is 0.106 e. The predicted molar refractivity (Wildman–Crippen MR) is 82.7 cm³/mol. The van der Waals surface area contributed by atoms with Crippen LogP contribution in [0.3, 0.4) is 0 Å².